The number of nitrogens with one attached hydrogen (secondary N) is 1. The van der Waals surface area contributed by atoms with Gasteiger partial charge in [0, 0.05) is 36.5 Å². The highest BCUT2D eigenvalue weighted by atomic mass is 16.5. The first-order valence-electron chi connectivity index (χ1n) is 11.3. The van der Waals surface area contributed by atoms with E-state index in [1.54, 1.807) is 19.5 Å². The number of rotatable bonds is 5. The van der Waals surface area contributed by atoms with E-state index in [2.05, 4.69) is 15.3 Å². The Bertz CT molecular complexity index is 1420. The van der Waals surface area contributed by atoms with E-state index < -0.39 is 6.17 Å². The third kappa shape index (κ3) is 3.92. The first-order chi connectivity index (χ1) is 17.2. The van der Waals surface area contributed by atoms with Crippen LogP contribution in [0.2, 0.25) is 0 Å². The molecule has 1 unspecified atom stereocenters. The molecule has 178 valence electrons. The fourth-order valence-corrected chi connectivity index (χ4v) is 4.25. The lowest BCUT2D eigenvalue weighted by molar-refractivity contribution is 0.284. The summed E-state index contributed by atoms with van der Waals surface area (Å²) in [6.45, 7) is 1.61. The maximum absolute atomic E-state index is 6.13. The molecule has 0 saturated carbocycles. The van der Waals surface area contributed by atoms with E-state index in [0.29, 0.717) is 48.8 Å². The predicted molar refractivity (Wildman–Crippen MR) is 130 cm³/mol. The van der Waals surface area contributed by atoms with Crippen LogP contribution in [0, 0.1) is 0 Å². The van der Waals surface area contributed by atoms with Crippen molar-refractivity contribution in [2.75, 3.05) is 25.6 Å². The standard InChI is InChI=1S/C25H24N6O4/c1-32-20-11-16(3-4-19(20)35-14-15-5-7-27-8-6-15)23-29-24(26)30-25-28-17-12-21-22(13-18(17)31(23)25)34-10-2-9-33-21/h3-8,11-13,23H,2,9-10,14H2,1H3,(H3,26,28,29,30). The van der Waals surface area contributed by atoms with Gasteiger partial charge in [-0.1, -0.05) is 6.07 Å². The van der Waals surface area contributed by atoms with Crippen LogP contribution in [0.1, 0.15) is 23.7 Å². The van der Waals surface area contributed by atoms with Gasteiger partial charge in [-0.05, 0) is 29.8 Å². The van der Waals surface area contributed by atoms with Crippen molar-refractivity contribution in [3.63, 3.8) is 0 Å². The fraction of sp³-hybridized carbons (Fsp3) is 0.240. The zero-order valence-electron chi connectivity index (χ0n) is 19.1. The number of methoxy groups -OCH3 is 1. The number of nitrogens with two attached hydrogens (primary N) is 1. The highest BCUT2D eigenvalue weighted by molar-refractivity contribution is 5.95. The largest absolute Gasteiger partial charge is 0.493 e. The quantitative estimate of drug-likeness (QED) is 0.453. The number of nitrogens with zero attached hydrogens (tertiary/aromatic N) is 4. The molecule has 0 aliphatic carbocycles. The third-order valence-electron chi connectivity index (χ3n) is 5.93. The summed E-state index contributed by atoms with van der Waals surface area (Å²) in [5.74, 6) is 3.48. The van der Waals surface area contributed by atoms with Crippen LogP contribution in [0.15, 0.2) is 59.9 Å². The SMILES string of the molecule is COc1cc(C2N=C(N)Nc3nc4cc5c(cc4n32)OCCCO5)ccc1OCc1ccncc1. The van der Waals surface area contributed by atoms with Gasteiger partial charge < -0.3 is 24.7 Å². The van der Waals surface area contributed by atoms with Gasteiger partial charge in [0.05, 0.1) is 31.4 Å². The van der Waals surface area contributed by atoms with Gasteiger partial charge in [-0.2, -0.15) is 0 Å². The van der Waals surface area contributed by atoms with Crippen LogP contribution in [0.4, 0.5) is 5.95 Å². The van der Waals surface area contributed by atoms with E-state index >= 15 is 0 Å². The van der Waals surface area contributed by atoms with Crippen molar-refractivity contribution in [1.82, 2.24) is 14.5 Å². The normalized spacial score (nSPS) is 16.6. The smallest absolute Gasteiger partial charge is 0.212 e. The molecule has 10 heteroatoms. The second kappa shape index (κ2) is 8.71. The number of guanidine groups is 1. The van der Waals surface area contributed by atoms with Crippen LogP contribution >= 0.6 is 0 Å². The number of hydrogen-bond donors (Lipinski definition) is 2. The van der Waals surface area contributed by atoms with Gasteiger partial charge in [0.25, 0.3) is 0 Å². The Labute approximate surface area is 201 Å². The summed E-state index contributed by atoms with van der Waals surface area (Å²) >= 11 is 0. The molecule has 4 aromatic rings. The zero-order valence-corrected chi connectivity index (χ0v) is 19.1. The molecule has 2 aromatic carbocycles. The summed E-state index contributed by atoms with van der Waals surface area (Å²) in [5, 5.41) is 3.07. The number of anilines is 1. The highest BCUT2D eigenvalue weighted by Gasteiger charge is 2.27. The molecule has 0 radical (unpaired) electrons. The summed E-state index contributed by atoms with van der Waals surface area (Å²) in [7, 11) is 1.61. The van der Waals surface area contributed by atoms with Crippen LogP contribution in [-0.2, 0) is 6.61 Å². The lowest BCUT2D eigenvalue weighted by Gasteiger charge is -2.24. The summed E-state index contributed by atoms with van der Waals surface area (Å²) in [5.41, 5.74) is 9.63. The Balaban J connectivity index is 1.38. The lowest BCUT2D eigenvalue weighted by atomic mass is 10.1. The number of aliphatic imine (C=N–C) groups is 1. The molecule has 0 spiro atoms. The van der Waals surface area contributed by atoms with Gasteiger partial charge in [0.15, 0.2) is 35.1 Å². The topological polar surface area (TPSA) is 118 Å². The number of hydrogen-bond acceptors (Lipinski definition) is 9. The minimum atomic E-state index is -0.454. The Kier molecular flexibility index (Phi) is 5.25. The molecular formula is C25H24N6O4. The molecule has 3 N–H and O–H groups in total. The van der Waals surface area contributed by atoms with E-state index in [4.69, 9.17) is 29.7 Å². The van der Waals surface area contributed by atoms with E-state index in [9.17, 15) is 0 Å². The molecule has 0 bridgehead atoms. The Morgan fingerprint density at radius 2 is 1.86 bits per heavy atom. The van der Waals surface area contributed by atoms with Gasteiger partial charge >= 0.3 is 0 Å². The molecule has 0 fully saturated rings. The number of aromatic nitrogens is 3. The summed E-state index contributed by atoms with van der Waals surface area (Å²) in [6.07, 6.45) is 3.85. The van der Waals surface area contributed by atoms with Gasteiger partial charge in [0.1, 0.15) is 6.61 Å². The van der Waals surface area contributed by atoms with Crippen LogP contribution in [-0.4, -0.2) is 40.8 Å². The summed E-state index contributed by atoms with van der Waals surface area (Å²) < 4.78 is 25.4. The Morgan fingerprint density at radius 1 is 1.06 bits per heavy atom. The molecule has 4 heterocycles. The average Bonchev–Trinajstić information content (AvgIpc) is 3.07. The maximum atomic E-state index is 6.13. The molecule has 0 saturated heterocycles. The molecule has 1 atom stereocenters. The second-order valence-corrected chi connectivity index (χ2v) is 8.21. The van der Waals surface area contributed by atoms with Crippen LogP contribution in [0.3, 0.4) is 0 Å². The van der Waals surface area contributed by atoms with Crippen LogP contribution < -0.4 is 30.0 Å². The third-order valence-corrected chi connectivity index (χ3v) is 5.93. The molecule has 6 rings (SSSR count). The first-order valence-corrected chi connectivity index (χ1v) is 11.3. The first kappa shape index (κ1) is 21.1. The van der Waals surface area contributed by atoms with Crippen LogP contribution in [0.25, 0.3) is 11.0 Å². The number of ether oxygens (including phenoxy) is 4. The van der Waals surface area contributed by atoms with Gasteiger partial charge in [0.2, 0.25) is 5.95 Å². The zero-order chi connectivity index (χ0) is 23.8. The van der Waals surface area contributed by atoms with E-state index in [1.807, 2.05) is 47.0 Å². The monoisotopic (exact) mass is 472 g/mol. The minimum absolute atomic E-state index is 0.281. The number of pyridine rings is 1. The number of imidazole rings is 1. The van der Waals surface area contributed by atoms with Crippen molar-refractivity contribution in [2.45, 2.75) is 19.2 Å². The van der Waals surface area contributed by atoms with Gasteiger partial charge in [-0.15, -0.1) is 0 Å². The number of fused-ring (bicyclic) bond motifs is 4. The second-order valence-electron chi connectivity index (χ2n) is 8.21. The molecule has 35 heavy (non-hydrogen) atoms. The van der Waals surface area contributed by atoms with Crippen molar-refractivity contribution >= 4 is 22.9 Å². The Morgan fingerprint density at radius 3 is 2.66 bits per heavy atom. The van der Waals surface area contributed by atoms with Crippen molar-refractivity contribution < 1.29 is 18.9 Å². The fourth-order valence-electron chi connectivity index (χ4n) is 4.25. The summed E-state index contributed by atoms with van der Waals surface area (Å²) in [4.78, 5) is 13.4. The van der Waals surface area contributed by atoms with Crippen LogP contribution in [0.5, 0.6) is 23.0 Å². The molecule has 0 amide bonds. The highest BCUT2D eigenvalue weighted by Crippen LogP contribution is 2.40. The van der Waals surface area contributed by atoms with Gasteiger partial charge in [-0.25, -0.2) is 9.98 Å². The predicted octanol–water partition coefficient (Wildman–Crippen LogP) is 3.47. The van der Waals surface area contributed by atoms with Crippen molar-refractivity contribution in [3.8, 4) is 23.0 Å². The molecule has 2 aliphatic rings. The van der Waals surface area contributed by atoms with Crippen molar-refractivity contribution in [2.24, 2.45) is 10.7 Å². The molecule has 2 aliphatic heterocycles. The number of benzene rings is 2. The van der Waals surface area contributed by atoms with Crippen molar-refractivity contribution in [1.29, 1.82) is 0 Å². The van der Waals surface area contributed by atoms with Gasteiger partial charge in [-0.3, -0.25) is 14.9 Å². The van der Waals surface area contributed by atoms with E-state index in [-0.39, 0.29) is 5.96 Å². The molecular weight excluding hydrogens is 448 g/mol. The lowest BCUT2D eigenvalue weighted by Crippen LogP contribution is -2.31. The molecule has 2 aromatic heterocycles. The Hall–Kier alpha value is -4.47. The summed E-state index contributed by atoms with van der Waals surface area (Å²) in [6, 6.07) is 13.4. The minimum Gasteiger partial charge on any atom is -0.493 e. The van der Waals surface area contributed by atoms with Crippen molar-refractivity contribution in [3.05, 3.63) is 66.0 Å². The van der Waals surface area contributed by atoms with E-state index in [1.165, 1.54) is 0 Å². The molecule has 10 nitrogen and oxygen atoms in total. The average molecular weight is 473 g/mol. The maximum Gasteiger partial charge on any atom is 0.212 e. The van der Waals surface area contributed by atoms with E-state index in [0.717, 1.165) is 28.6 Å².